The summed E-state index contributed by atoms with van der Waals surface area (Å²) in [6.07, 6.45) is 3.28. The topological polar surface area (TPSA) is 52.6 Å². The fraction of sp³-hybridized carbons (Fsp3) is 0.368. The minimum absolute atomic E-state index is 0.0846. The van der Waals surface area contributed by atoms with E-state index in [1.807, 2.05) is 24.3 Å². The highest BCUT2D eigenvalue weighted by Crippen LogP contribution is 2.55. The van der Waals surface area contributed by atoms with Crippen LogP contribution in [0.2, 0.25) is 5.02 Å². The molecule has 7 nitrogen and oxygen atoms in total. The van der Waals surface area contributed by atoms with E-state index in [9.17, 15) is 0 Å². The van der Waals surface area contributed by atoms with Gasteiger partial charge >= 0.3 is 0 Å². The van der Waals surface area contributed by atoms with E-state index in [-0.39, 0.29) is 12.1 Å². The van der Waals surface area contributed by atoms with Crippen LogP contribution in [0.3, 0.4) is 0 Å². The molecule has 0 saturated heterocycles. The molecular formula is C38H40BrClN2O5. The highest BCUT2D eigenvalue weighted by molar-refractivity contribution is 9.10. The monoisotopic (exact) mass is 718 g/mol. The van der Waals surface area contributed by atoms with E-state index in [0.717, 1.165) is 70.6 Å². The van der Waals surface area contributed by atoms with Crippen molar-refractivity contribution < 1.29 is 23.7 Å². The minimum Gasteiger partial charge on any atom is -0.493 e. The van der Waals surface area contributed by atoms with Gasteiger partial charge in [-0.25, -0.2) is 0 Å². The number of hydrogen-bond donors (Lipinski definition) is 0. The number of halogens is 2. The Morgan fingerprint density at radius 3 is 2.23 bits per heavy atom. The third kappa shape index (κ3) is 5.73. The quantitative estimate of drug-likeness (QED) is 0.210. The fourth-order valence-electron chi connectivity index (χ4n) is 7.40. The van der Waals surface area contributed by atoms with Gasteiger partial charge in [-0.3, -0.25) is 9.80 Å². The average Bonchev–Trinajstić information content (AvgIpc) is 3.06. The van der Waals surface area contributed by atoms with Crippen LogP contribution < -0.4 is 23.7 Å². The molecule has 47 heavy (non-hydrogen) atoms. The van der Waals surface area contributed by atoms with Crippen molar-refractivity contribution in [1.82, 2.24) is 9.80 Å². The van der Waals surface area contributed by atoms with Crippen LogP contribution in [0, 0.1) is 6.92 Å². The molecule has 0 spiro atoms. The van der Waals surface area contributed by atoms with E-state index in [1.54, 1.807) is 21.3 Å². The lowest BCUT2D eigenvalue weighted by molar-refractivity contribution is 0.220. The molecule has 0 unspecified atom stereocenters. The molecule has 0 aromatic heterocycles. The van der Waals surface area contributed by atoms with E-state index in [4.69, 9.17) is 35.3 Å². The molecule has 6 bridgehead atoms. The van der Waals surface area contributed by atoms with Gasteiger partial charge in [0, 0.05) is 41.8 Å². The maximum Gasteiger partial charge on any atom is 0.205 e. The number of benzene rings is 4. The Hall–Kier alpha value is -3.43. The lowest BCUT2D eigenvalue weighted by Crippen LogP contribution is -2.34. The fourth-order valence-corrected chi connectivity index (χ4v) is 8.38. The summed E-state index contributed by atoms with van der Waals surface area (Å²) in [5, 5.41) is 0.613. The summed E-state index contributed by atoms with van der Waals surface area (Å²) >= 11 is 10.9. The highest BCUT2D eigenvalue weighted by atomic mass is 79.9. The predicted molar refractivity (Wildman–Crippen MR) is 189 cm³/mol. The third-order valence-electron chi connectivity index (χ3n) is 10.0. The SMILES string of the molecule is COc1cc(Cl)c2cc1Oc1ccc(cc1)C[C@H]1c3cc(c(C)cc3CCN1C)Oc1c(OC)c(OC)c(Br)c3c1[C@H](C2)N(C)CC3. The van der Waals surface area contributed by atoms with Crippen LogP contribution in [-0.2, 0) is 25.7 Å². The number of fused-ring (bicyclic) bond motifs is 2. The van der Waals surface area contributed by atoms with Crippen molar-refractivity contribution in [2.75, 3.05) is 48.5 Å². The molecule has 4 aromatic rings. The summed E-state index contributed by atoms with van der Waals surface area (Å²) in [5.41, 5.74) is 8.12. The van der Waals surface area contributed by atoms with Gasteiger partial charge in [0.25, 0.3) is 0 Å². The Morgan fingerprint density at radius 2 is 1.51 bits per heavy atom. The first-order valence-electron chi connectivity index (χ1n) is 16.0. The Morgan fingerprint density at radius 1 is 0.787 bits per heavy atom. The van der Waals surface area contributed by atoms with Crippen LogP contribution in [0.5, 0.6) is 40.2 Å². The molecule has 4 heterocycles. The third-order valence-corrected chi connectivity index (χ3v) is 11.2. The van der Waals surface area contributed by atoms with E-state index in [2.05, 4.69) is 71.0 Å². The van der Waals surface area contributed by atoms with Crippen molar-refractivity contribution in [1.29, 1.82) is 0 Å². The van der Waals surface area contributed by atoms with Gasteiger partial charge in [0.15, 0.2) is 23.0 Å². The number of likely N-dealkylation sites (N-methyl/N-ethyl adjacent to an activating group) is 2. The number of hydrogen-bond acceptors (Lipinski definition) is 7. The predicted octanol–water partition coefficient (Wildman–Crippen LogP) is 8.88. The smallest absolute Gasteiger partial charge is 0.205 e. The number of methoxy groups -OCH3 is 3. The van der Waals surface area contributed by atoms with Gasteiger partial charge in [0.2, 0.25) is 5.75 Å². The van der Waals surface area contributed by atoms with Crippen molar-refractivity contribution in [3.05, 3.63) is 97.0 Å². The lowest BCUT2D eigenvalue weighted by Gasteiger charge is -2.38. The first-order chi connectivity index (χ1) is 22.7. The molecule has 0 fully saturated rings. The van der Waals surface area contributed by atoms with E-state index < -0.39 is 0 Å². The van der Waals surface area contributed by atoms with Crippen LogP contribution in [0.15, 0.2) is 53.0 Å². The van der Waals surface area contributed by atoms with Crippen LogP contribution >= 0.6 is 27.5 Å². The maximum atomic E-state index is 7.09. The van der Waals surface area contributed by atoms with Gasteiger partial charge in [0.05, 0.1) is 25.8 Å². The molecule has 0 aliphatic carbocycles. The zero-order valence-corrected chi connectivity index (χ0v) is 30.0. The van der Waals surface area contributed by atoms with Crippen molar-refractivity contribution in [2.45, 2.75) is 44.7 Å². The molecule has 4 aliphatic rings. The van der Waals surface area contributed by atoms with Gasteiger partial charge in [-0.1, -0.05) is 29.8 Å². The highest BCUT2D eigenvalue weighted by Gasteiger charge is 2.36. The molecule has 4 aromatic carbocycles. The van der Waals surface area contributed by atoms with Gasteiger partial charge in [-0.2, -0.15) is 0 Å². The molecule has 0 amide bonds. The number of rotatable bonds is 3. The summed E-state index contributed by atoms with van der Waals surface area (Å²) in [5.74, 6) is 4.61. The second-order valence-corrected chi connectivity index (χ2v) is 14.0. The molecular weight excluding hydrogens is 680 g/mol. The van der Waals surface area contributed by atoms with Crippen molar-refractivity contribution >= 4 is 27.5 Å². The molecule has 2 atom stereocenters. The second kappa shape index (κ2) is 12.9. The molecule has 0 radical (unpaired) electrons. The average molecular weight is 720 g/mol. The van der Waals surface area contributed by atoms with Crippen LogP contribution in [0.25, 0.3) is 0 Å². The number of nitrogens with zero attached hydrogens (tertiary/aromatic N) is 2. The second-order valence-electron chi connectivity index (χ2n) is 12.8. The number of aryl methyl sites for hydroxylation is 1. The molecule has 0 N–H and O–H groups in total. The minimum atomic E-state index is -0.0846. The zero-order valence-electron chi connectivity index (χ0n) is 27.7. The first kappa shape index (κ1) is 32.1. The van der Waals surface area contributed by atoms with Crippen molar-refractivity contribution in [3.8, 4) is 40.2 Å². The summed E-state index contributed by atoms with van der Waals surface area (Å²) in [4.78, 5) is 4.80. The Bertz CT molecular complexity index is 1850. The Balaban J connectivity index is 1.49. The van der Waals surface area contributed by atoms with E-state index >= 15 is 0 Å². The van der Waals surface area contributed by atoms with Crippen LogP contribution in [0.1, 0.15) is 51.0 Å². The van der Waals surface area contributed by atoms with E-state index in [1.165, 1.54) is 16.7 Å². The largest absolute Gasteiger partial charge is 0.493 e. The van der Waals surface area contributed by atoms with Gasteiger partial charge in [-0.05, 0) is 120 Å². The van der Waals surface area contributed by atoms with Gasteiger partial charge < -0.3 is 23.7 Å². The first-order valence-corrected chi connectivity index (χ1v) is 17.2. The summed E-state index contributed by atoms with van der Waals surface area (Å²) in [7, 11) is 9.33. The molecule has 246 valence electrons. The maximum absolute atomic E-state index is 7.09. The van der Waals surface area contributed by atoms with E-state index in [0.29, 0.717) is 40.2 Å². The van der Waals surface area contributed by atoms with Crippen LogP contribution in [0.4, 0.5) is 0 Å². The summed E-state index contributed by atoms with van der Waals surface area (Å²) in [6.45, 7) is 3.97. The Labute approximate surface area is 290 Å². The summed E-state index contributed by atoms with van der Waals surface area (Å²) < 4.78 is 32.2. The molecule has 0 saturated carbocycles. The molecule has 4 aliphatic heterocycles. The number of ether oxygens (including phenoxy) is 5. The lowest BCUT2D eigenvalue weighted by atomic mass is 9.86. The van der Waals surface area contributed by atoms with Crippen LogP contribution in [-0.4, -0.2) is 58.3 Å². The molecule has 8 rings (SSSR count). The zero-order chi connectivity index (χ0) is 33.0. The van der Waals surface area contributed by atoms with Gasteiger partial charge in [-0.15, -0.1) is 0 Å². The van der Waals surface area contributed by atoms with Crippen molar-refractivity contribution in [2.24, 2.45) is 0 Å². The summed E-state index contributed by atoms with van der Waals surface area (Å²) in [6, 6.07) is 16.9. The van der Waals surface area contributed by atoms with Gasteiger partial charge in [0.1, 0.15) is 11.5 Å². The normalized spacial score (nSPS) is 19.1. The van der Waals surface area contributed by atoms with Crippen molar-refractivity contribution in [3.63, 3.8) is 0 Å². The molecule has 9 heteroatoms. The Kier molecular flexibility index (Phi) is 8.81. The standard InChI is InChI=1S/C38H40BrClN2O5/c1-21-15-23-11-13-41(2)29-16-22-7-9-25(10-8-22)46-33-18-24(28(40)20-32(33)43-4)17-30-34-26(12-14-42(30)3)35(39)37(44-5)38(45-6)36(34)47-31(21)19-27(23)29/h7-10,15,18-20,29-30H,11-14,16-17H2,1-6H3/t29-,30-/m0/s1.